The van der Waals surface area contributed by atoms with E-state index in [9.17, 15) is 4.79 Å². The van der Waals surface area contributed by atoms with Crippen LogP contribution in [-0.4, -0.2) is 16.6 Å². The highest BCUT2D eigenvalue weighted by Gasteiger charge is 2.27. The average Bonchev–Trinajstić information content (AvgIpc) is 2.91. The van der Waals surface area contributed by atoms with Gasteiger partial charge in [-0.1, -0.05) is 24.3 Å². The number of ether oxygens (including phenoxy) is 1. The SMILES string of the molecule is O=c1[nH]c(C2CCc3ccccc32)nc2c1COCC2. The van der Waals surface area contributed by atoms with Gasteiger partial charge in [0.05, 0.1) is 24.5 Å². The van der Waals surface area contributed by atoms with Crippen molar-refractivity contribution in [3.8, 4) is 0 Å². The number of aromatic nitrogens is 2. The minimum atomic E-state index is -0.0333. The van der Waals surface area contributed by atoms with Crippen molar-refractivity contribution in [1.82, 2.24) is 9.97 Å². The van der Waals surface area contributed by atoms with Gasteiger partial charge in [-0.05, 0) is 24.0 Å². The van der Waals surface area contributed by atoms with E-state index >= 15 is 0 Å². The summed E-state index contributed by atoms with van der Waals surface area (Å²) in [5.41, 5.74) is 4.27. The van der Waals surface area contributed by atoms with Gasteiger partial charge in [0.15, 0.2) is 0 Å². The largest absolute Gasteiger partial charge is 0.376 e. The van der Waals surface area contributed by atoms with Gasteiger partial charge in [0.1, 0.15) is 5.82 Å². The van der Waals surface area contributed by atoms with E-state index in [1.165, 1.54) is 11.1 Å². The first kappa shape index (κ1) is 11.9. The van der Waals surface area contributed by atoms with E-state index in [4.69, 9.17) is 9.72 Å². The molecule has 1 atom stereocenters. The van der Waals surface area contributed by atoms with Gasteiger partial charge in [0.2, 0.25) is 0 Å². The van der Waals surface area contributed by atoms with E-state index in [0.29, 0.717) is 18.8 Å². The van der Waals surface area contributed by atoms with Crippen LogP contribution < -0.4 is 5.56 Å². The molecule has 20 heavy (non-hydrogen) atoms. The van der Waals surface area contributed by atoms with E-state index in [2.05, 4.69) is 29.2 Å². The van der Waals surface area contributed by atoms with Gasteiger partial charge < -0.3 is 9.72 Å². The Morgan fingerprint density at radius 1 is 1.25 bits per heavy atom. The molecule has 1 aliphatic heterocycles. The molecule has 0 radical (unpaired) electrons. The van der Waals surface area contributed by atoms with E-state index in [1.54, 1.807) is 0 Å². The molecule has 0 bridgehead atoms. The third kappa shape index (κ3) is 1.79. The molecule has 1 aromatic carbocycles. The second-order valence-electron chi connectivity index (χ2n) is 5.47. The van der Waals surface area contributed by atoms with Gasteiger partial charge in [-0.25, -0.2) is 4.98 Å². The number of benzene rings is 1. The molecule has 2 aromatic rings. The van der Waals surface area contributed by atoms with E-state index in [1.807, 2.05) is 0 Å². The summed E-state index contributed by atoms with van der Waals surface area (Å²) < 4.78 is 5.34. The molecule has 102 valence electrons. The van der Waals surface area contributed by atoms with Gasteiger partial charge in [0.25, 0.3) is 5.56 Å². The Bertz CT molecular complexity index is 721. The first-order valence-corrected chi connectivity index (χ1v) is 7.10. The summed E-state index contributed by atoms with van der Waals surface area (Å²) in [7, 11) is 0. The van der Waals surface area contributed by atoms with Gasteiger partial charge in [-0.15, -0.1) is 0 Å². The molecule has 0 spiro atoms. The summed E-state index contributed by atoms with van der Waals surface area (Å²) in [6.45, 7) is 1.04. The number of fused-ring (bicyclic) bond motifs is 2. The number of nitrogens with one attached hydrogen (secondary N) is 1. The quantitative estimate of drug-likeness (QED) is 0.859. The molecule has 4 heteroatoms. The topological polar surface area (TPSA) is 55.0 Å². The number of rotatable bonds is 1. The number of hydrogen-bond acceptors (Lipinski definition) is 3. The molecular weight excluding hydrogens is 252 g/mol. The van der Waals surface area contributed by atoms with Crippen molar-refractivity contribution < 1.29 is 4.74 Å². The minimum Gasteiger partial charge on any atom is -0.376 e. The Hall–Kier alpha value is -1.94. The predicted octanol–water partition coefficient (Wildman–Crippen LogP) is 1.92. The summed E-state index contributed by atoms with van der Waals surface area (Å²) >= 11 is 0. The van der Waals surface area contributed by atoms with Crippen molar-refractivity contribution in [3.63, 3.8) is 0 Å². The molecule has 0 saturated carbocycles. The highest BCUT2D eigenvalue weighted by Crippen LogP contribution is 2.36. The Kier molecular flexibility index (Phi) is 2.70. The lowest BCUT2D eigenvalue weighted by Gasteiger charge is -2.18. The van der Waals surface area contributed by atoms with E-state index in [-0.39, 0.29) is 11.5 Å². The maximum absolute atomic E-state index is 12.2. The average molecular weight is 268 g/mol. The van der Waals surface area contributed by atoms with Crippen LogP contribution >= 0.6 is 0 Å². The number of aryl methyl sites for hydroxylation is 1. The van der Waals surface area contributed by atoms with Crippen molar-refractivity contribution in [3.05, 3.63) is 62.8 Å². The highest BCUT2D eigenvalue weighted by atomic mass is 16.5. The molecule has 0 fully saturated rings. The van der Waals surface area contributed by atoms with Crippen molar-refractivity contribution in [2.75, 3.05) is 6.61 Å². The van der Waals surface area contributed by atoms with Crippen LogP contribution in [0.4, 0.5) is 0 Å². The summed E-state index contributed by atoms with van der Waals surface area (Å²) in [6.07, 6.45) is 2.82. The van der Waals surface area contributed by atoms with Crippen molar-refractivity contribution >= 4 is 0 Å². The molecule has 0 amide bonds. The third-order valence-electron chi connectivity index (χ3n) is 4.31. The fourth-order valence-corrected chi connectivity index (χ4v) is 3.27. The maximum atomic E-state index is 12.2. The number of hydrogen-bond donors (Lipinski definition) is 1. The fraction of sp³-hybridized carbons (Fsp3) is 0.375. The molecule has 1 unspecified atom stereocenters. The Balaban J connectivity index is 1.81. The van der Waals surface area contributed by atoms with Crippen LogP contribution in [0.2, 0.25) is 0 Å². The lowest BCUT2D eigenvalue weighted by molar-refractivity contribution is 0.107. The lowest BCUT2D eigenvalue weighted by Crippen LogP contribution is -2.26. The van der Waals surface area contributed by atoms with Gasteiger partial charge >= 0.3 is 0 Å². The highest BCUT2D eigenvalue weighted by molar-refractivity contribution is 5.39. The molecule has 0 saturated heterocycles. The Morgan fingerprint density at radius 2 is 2.15 bits per heavy atom. The maximum Gasteiger partial charge on any atom is 0.256 e. The van der Waals surface area contributed by atoms with Crippen LogP contribution in [0.1, 0.15) is 40.5 Å². The van der Waals surface area contributed by atoms with Crippen LogP contribution in [0, 0.1) is 0 Å². The van der Waals surface area contributed by atoms with E-state index < -0.39 is 0 Å². The summed E-state index contributed by atoms with van der Waals surface area (Å²) in [6, 6.07) is 8.44. The Morgan fingerprint density at radius 3 is 3.10 bits per heavy atom. The lowest BCUT2D eigenvalue weighted by atomic mass is 10.00. The van der Waals surface area contributed by atoms with Crippen LogP contribution in [0.3, 0.4) is 0 Å². The number of nitrogens with zero attached hydrogens (tertiary/aromatic N) is 1. The second kappa shape index (κ2) is 4.56. The number of H-pyrrole nitrogens is 1. The summed E-state index contributed by atoms with van der Waals surface area (Å²) in [4.78, 5) is 19.9. The normalized spacial score (nSPS) is 20.5. The first-order chi connectivity index (χ1) is 9.83. The van der Waals surface area contributed by atoms with Gasteiger partial charge in [-0.3, -0.25) is 4.79 Å². The van der Waals surface area contributed by atoms with Crippen LogP contribution in [0.5, 0.6) is 0 Å². The fourth-order valence-electron chi connectivity index (χ4n) is 3.27. The van der Waals surface area contributed by atoms with Crippen molar-refractivity contribution in [1.29, 1.82) is 0 Å². The van der Waals surface area contributed by atoms with E-state index in [0.717, 1.165) is 30.8 Å². The standard InChI is InChI=1S/C16H16N2O2/c19-16-13-9-20-8-7-14(13)17-15(18-16)12-6-5-10-3-1-2-4-11(10)12/h1-4,12H,5-9H2,(H,17,18,19). The monoisotopic (exact) mass is 268 g/mol. The molecule has 4 nitrogen and oxygen atoms in total. The molecule has 1 N–H and O–H groups in total. The van der Waals surface area contributed by atoms with Crippen molar-refractivity contribution in [2.45, 2.75) is 31.8 Å². The van der Waals surface area contributed by atoms with Gasteiger partial charge in [0, 0.05) is 12.3 Å². The van der Waals surface area contributed by atoms with Crippen molar-refractivity contribution in [2.24, 2.45) is 0 Å². The Labute approximate surface area is 116 Å². The third-order valence-corrected chi connectivity index (χ3v) is 4.31. The summed E-state index contributed by atoms with van der Waals surface area (Å²) in [5.74, 6) is 1.05. The van der Waals surface area contributed by atoms with Crippen LogP contribution in [-0.2, 0) is 24.2 Å². The van der Waals surface area contributed by atoms with Crippen LogP contribution in [0.15, 0.2) is 29.1 Å². The zero-order chi connectivity index (χ0) is 13.5. The molecule has 2 aliphatic rings. The molecule has 2 heterocycles. The first-order valence-electron chi connectivity index (χ1n) is 7.10. The molecule has 4 rings (SSSR count). The molecule has 1 aliphatic carbocycles. The van der Waals surface area contributed by atoms with Gasteiger partial charge in [-0.2, -0.15) is 0 Å². The smallest absolute Gasteiger partial charge is 0.256 e. The zero-order valence-corrected chi connectivity index (χ0v) is 11.2. The predicted molar refractivity (Wildman–Crippen MR) is 74.8 cm³/mol. The zero-order valence-electron chi connectivity index (χ0n) is 11.2. The molecule has 1 aromatic heterocycles. The minimum absolute atomic E-state index is 0.0333. The second-order valence-corrected chi connectivity index (χ2v) is 5.47. The molecular formula is C16H16N2O2. The summed E-state index contributed by atoms with van der Waals surface area (Å²) in [5, 5.41) is 0. The van der Waals surface area contributed by atoms with Crippen LogP contribution in [0.25, 0.3) is 0 Å². The number of aromatic amines is 1.